The molecule has 128 valence electrons. The normalized spacial score (nSPS) is 17.6. The Bertz CT molecular complexity index is 430. The van der Waals surface area contributed by atoms with E-state index in [1.807, 2.05) is 0 Å². The molecule has 0 saturated carbocycles. The summed E-state index contributed by atoms with van der Waals surface area (Å²) in [6.45, 7) is 15.8. The van der Waals surface area contributed by atoms with Crippen LogP contribution in [0.3, 0.4) is 0 Å². The predicted octanol–water partition coefficient (Wildman–Crippen LogP) is 2.66. The van der Waals surface area contributed by atoms with Crippen molar-refractivity contribution < 1.29 is 18.1 Å². The van der Waals surface area contributed by atoms with E-state index in [9.17, 15) is 13.5 Å². The Morgan fingerprint density at radius 1 is 1.00 bits per heavy atom. The molecule has 0 rings (SSSR count). The molecule has 0 fully saturated rings. The van der Waals surface area contributed by atoms with Gasteiger partial charge in [0, 0.05) is 11.5 Å². The summed E-state index contributed by atoms with van der Waals surface area (Å²) in [5.41, 5.74) is -0.990. The average Bonchev–Trinajstić information content (AvgIpc) is 2.05. The summed E-state index contributed by atoms with van der Waals surface area (Å²) in [5.74, 6) is -0.484. The highest BCUT2D eigenvalue weighted by Crippen LogP contribution is 2.38. The molecule has 6 heteroatoms. The molecule has 0 aliphatic heterocycles. The van der Waals surface area contributed by atoms with Gasteiger partial charge in [-0.1, -0.05) is 41.5 Å². The van der Waals surface area contributed by atoms with Crippen molar-refractivity contribution in [2.75, 3.05) is 5.75 Å². The highest BCUT2D eigenvalue weighted by molar-refractivity contribution is 7.85. The molecule has 0 aliphatic rings. The molecule has 0 aromatic heterocycles. The molecule has 3 N–H and O–H groups in total. The lowest BCUT2D eigenvalue weighted by Gasteiger charge is -2.41. The Morgan fingerprint density at radius 2 is 1.43 bits per heavy atom. The minimum Gasteiger partial charge on any atom is -0.378 e. The summed E-state index contributed by atoms with van der Waals surface area (Å²) in [6.07, 6.45) is -0.0481. The Labute approximate surface area is 130 Å². The number of aliphatic hydroxyl groups is 1. The minimum absolute atomic E-state index is 0.0434. The molecule has 0 saturated heterocycles. The third-order valence-corrected chi connectivity index (χ3v) is 4.49. The molecule has 0 bridgehead atoms. The fraction of sp³-hybridized carbons (Fsp3) is 1.00. The molecule has 2 atom stereocenters. The van der Waals surface area contributed by atoms with Crippen LogP contribution in [0.2, 0.25) is 0 Å². The second kappa shape index (κ2) is 6.52. The highest BCUT2D eigenvalue weighted by atomic mass is 32.2. The third kappa shape index (κ3) is 9.45. The highest BCUT2D eigenvalue weighted by Gasteiger charge is 2.37. The van der Waals surface area contributed by atoms with Crippen LogP contribution in [0.1, 0.15) is 61.8 Å². The number of aliphatic hydroxyl groups excluding tert-OH is 1. The Morgan fingerprint density at radius 3 is 1.71 bits per heavy atom. The molecular weight excluding hydrogens is 290 g/mol. The van der Waals surface area contributed by atoms with Crippen LogP contribution in [0.5, 0.6) is 0 Å². The van der Waals surface area contributed by atoms with Crippen molar-refractivity contribution in [2.45, 2.75) is 73.6 Å². The maximum atomic E-state index is 11.1. The molecular formula is C15H33NO4S. The molecule has 0 spiro atoms. The van der Waals surface area contributed by atoms with Gasteiger partial charge in [-0.3, -0.25) is 9.87 Å². The van der Waals surface area contributed by atoms with Crippen LogP contribution in [0.4, 0.5) is 0 Å². The molecule has 0 amide bonds. The summed E-state index contributed by atoms with van der Waals surface area (Å²) in [7, 11) is -4.10. The zero-order valence-corrected chi connectivity index (χ0v) is 15.5. The maximum absolute atomic E-state index is 11.1. The average molecular weight is 323 g/mol. The largest absolute Gasteiger partial charge is 0.378 e. The van der Waals surface area contributed by atoms with Gasteiger partial charge in [0.2, 0.25) is 0 Å². The number of nitrogens with one attached hydrogen (secondary N) is 1. The van der Waals surface area contributed by atoms with Gasteiger partial charge in [0.15, 0.2) is 0 Å². The fourth-order valence-corrected chi connectivity index (χ4v) is 3.55. The van der Waals surface area contributed by atoms with Gasteiger partial charge in [0.1, 0.15) is 6.23 Å². The number of hydrogen-bond donors (Lipinski definition) is 3. The molecule has 5 nitrogen and oxygen atoms in total. The van der Waals surface area contributed by atoms with Crippen molar-refractivity contribution in [1.29, 1.82) is 0 Å². The van der Waals surface area contributed by atoms with Crippen molar-refractivity contribution in [3.8, 4) is 0 Å². The second-order valence-electron chi connectivity index (χ2n) is 8.94. The topological polar surface area (TPSA) is 86.6 Å². The molecule has 0 aromatic carbocycles. The van der Waals surface area contributed by atoms with Gasteiger partial charge in [0.05, 0.1) is 5.75 Å². The van der Waals surface area contributed by atoms with Gasteiger partial charge in [0.25, 0.3) is 10.1 Å². The van der Waals surface area contributed by atoms with Gasteiger partial charge in [-0.05, 0) is 31.1 Å². The van der Waals surface area contributed by atoms with Crippen LogP contribution in [-0.2, 0) is 10.1 Å². The van der Waals surface area contributed by atoms with Crippen molar-refractivity contribution in [1.82, 2.24) is 5.32 Å². The van der Waals surface area contributed by atoms with Crippen molar-refractivity contribution in [3.05, 3.63) is 0 Å². The van der Waals surface area contributed by atoms with Gasteiger partial charge < -0.3 is 5.11 Å². The van der Waals surface area contributed by atoms with Crippen molar-refractivity contribution in [3.63, 3.8) is 0 Å². The zero-order chi connectivity index (χ0) is 17.3. The number of rotatable bonds is 6. The van der Waals surface area contributed by atoms with Gasteiger partial charge in [-0.15, -0.1) is 0 Å². The molecule has 21 heavy (non-hydrogen) atoms. The minimum atomic E-state index is -4.10. The molecule has 0 radical (unpaired) electrons. The molecule has 0 aliphatic carbocycles. The van der Waals surface area contributed by atoms with E-state index in [0.29, 0.717) is 0 Å². The van der Waals surface area contributed by atoms with Crippen LogP contribution in [0.15, 0.2) is 0 Å². The zero-order valence-electron chi connectivity index (χ0n) is 14.7. The summed E-state index contributed by atoms with van der Waals surface area (Å²) < 4.78 is 31.1. The predicted molar refractivity (Wildman–Crippen MR) is 86.7 cm³/mol. The summed E-state index contributed by atoms with van der Waals surface area (Å²) >= 11 is 0. The lowest BCUT2D eigenvalue weighted by atomic mass is 9.71. The first-order valence-corrected chi connectivity index (χ1v) is 8.95. The van der Waals surface area contributed by atoms with Crippen LogP contribution < -0.4 is 5.32 Å². The summed E-state index contributed by atoms with van der Waals surface area (Å²) in [6, 6.07) is 0. The monoisotopic (exact) mass is 323 g/mol. The quantitative estimate of drug-likeness (QED) is 0.517. The van der Waals surface area contributed by atoms with E-state index in [4.69, 9.17) is 4.55 Å². The first-order valence-electron chi connectivity index (χ1n) is 7.34. The Kier molecular flexibility index (Phi) is 6.47. The number of hydrogen-bond acceptors (Lipinski definition) is 4. The molecule has 0 aromatic rings. The third-order valence-electron chi connectivity index (χ3n) is 3.41. The van der Waals surface area contributed by atoms with Crippen LogP contribution >= 0.6 is 0 Å². The smallest absolute Gasteiger partial charge is 0.266 e. The van der Waals surface area contributed by atoms with Gasteiger partial charge in [-0.2, -0.15) is 8.42 Å². The van der Waals surface area contributed by atoms with E-state index in [-0.39, 0.29) is 16.7 Å². The fourth-order valence-electron chi connectivity index (χ4n) is 2.55. The standard InChI is InChI=1S/C15H33NO4S/c1-13(2,3)9-11(14(4,5)6)12(17)16-15(7,8)10-21(18,19)20/h11-12,16-17H,9-10H2,1-8H3,(H,18,19,20). The first-order chi connectivity index (χ1) is 8.93. The van der Waals surface area contributed by atoms with E-state index in [1.165, 1.54) is 0 Å². The van der Waals surface area contributed by atoms with E-state index in [1.54, 1.807) is 13.8 Å². The van der Waals surface area contributed by atoms with E-state index in [2.05, 4.69) is 46.9 Å². The van der Waals surface area contributed by atoms with Crippen LogP contribution in [-0.4, -0.2) is 35.6 Å². The molecule has 2 unspecified atom stereocenters. The van der Waals surface area contributed by atoms with E-state index >= 15 is 0 Å². The molecule has 0 heterocycles. The van der Waals surface area contributed by atoms with E-state index in [0.717, 1.165) is 6.42 Å². The van der Waals surface area contributed by atoms with Crippen LogP contribution in [0.25, 0.3) is 0 Å². The second-order valence-corrected chi connectivity index (χ2v) is 10.4. The Balaban J connectivity index is 5.11. The van der Waals surface area contributed by atoms with Crippen molar-refractivity contribution >= 4 is 10.1 Å². The lowest BCUT2D eigenvalue weighted by Crippen LogP contribution is -2.55. The van der Waals surface area contributed by atoms with Gasteiger partial charge in [-0.25, -0.2) is 0 Å². The summed E-state index contributed by atoms with van der Waals surface area (Å²) in [4.78, 5) is 0. The Hall–Kier alpha value is -0.170. The van der Waals surface area contributed by atoms with Gasteiger partial charge >= 0.3 is 0 Å². The SMILES string of the molecule is CC(C)(C)CC(C(O)NC(C)(C)CS(=O)(=O)O)C(C)(C)C. The first kappa shape index (κ1) is 20.8. The summed E-state index contributed by atoms with van der Waals surface area (Å²) in [5, 5.41) is 13.5. The van der Waals surface area contributed by atoms with Crippen molar-refractivity contribution in [2.24, 2.45) is 16.7 Å². The van der Waals surface area contributed by atoms with Crippen LogP contribution in [0, 0.1) is 16.7 Å². The maximum Gasteiger partial charge on any atom is 0.266 e. The van der Waals surface area contributed by atoms with E-state index < -0.39 is 27.6 Å². The lowest BCUT2D eigenvalue weighted by molar-refractivity contribution is -0.0184.